The summed E-state index contributed by atoms with van der Waals surface area (Å²) in [6, 6.07) is 12.2. The molecule has 0 radical (unpaired) electrons. The van der Waals surface area contributed by atoms with Crippen LogP contribution < -0.4 is 0 Å². The monoisotopic (exact) mass is 460 g/mol. The molecule has 3 aromatic rings. The fourth-order valence-corrected chi connectivity index (χ4v) is 3.36. The molecule has 0 aliphatic heterocycles. The highest BCUT2D eigenvalue weighted by atomic mass is 31.2. The molecule has 0 unspecified atom stereocenters. The van der Waals surface area contributed by atoms with Gasteiger partial charge in [-0.1, -0.05) is 12.1 Å². The van der Waals surface area contributed by atoms with Gasteiger partial charge in [0.15, 0.2) is 5.78 Å². The summed E-state index contributed by atoms with van der Waals surface area (Å²) in [5.41, 5.74) is 1.67. The lowest BCUT2D eigenvalue weighted by Crippen LogP contribution is -1.98. The van der Waals surface area contributed by atoms with E-state index in [-0.39, 0.29) is 51.0 Å². The summed E-state index contributed by atoms with van der Waals surface area (Å²) >= 11 is 0. The van der Waals surface area contributed by atoms with Crippen LogP contribution in [0.25, 0.3) is 11.1 Å². The van der Waals surface area contributed by atoms with Crippen molar-refractivity contribution in [3.63, 3.8) is 0 Å². The highest BCUT2D eigenvalue weighted by Crippen LogP contribution is 2.48. The Labute approximate surface area is 180 Å². The Hall–Kier alpha value is -3.82. The van der Waals surface area contributed by atoms with Gasteiger partial charge in [0.2, 0.25) is 0 Å². The molecule has 3 aromatic carbocycles. The zero-order valence-corrected chi connectivity index (χ0v) is 16.9. The Morgan fingerprint density at radius 2 is 1.09 bits per heavy atom. The fraction of sp³-hybridized carbons (Fsp3) is 0. The van der Waals surface area contributed by atoms with Gasteiger partial charge in [-0.2, -0.15) is 0 Å². The van der Waals surface area contributed by atoms with Crippen LogP contribution in [-0.2, 0) is 4.57 Å². The van der Waals surface area contributed by atoms with E-state index in [4.69, 9.17) is 19.2 Å². The smallest absolute Gasteiger partial charge is 0.466 e. The fourth-order valence-electron chi connectivity index (χ4n) is 3.36. The molecule has 0 atom stereocenters. The number of carbonyl (C=O) groups excluding carboxylic acids is 1. The number of hydrogen-bond acceptors (Lipinski definition) is 7. The van der Waals surface area contributed by atoms with Crippen LogP contribution >= 0.6 is 7.82 Å². The van der Waals surface area contributed by atoms with Crippen LogP contribution in [0.1, 0.15) is 27.0 Å². The zero-order valence-electron chi connectivity index (χ0n) is 16.0. The van der Waals surface area contributed by atoms with E-state index in [0.29, 0.717) is 11.1 Å². The maximum Gasteiger partial charge on any atom is 0.466 e. The van der Waals surface area contributed by atoms with Gasteiger partial charge in [0.05, 0.1) is 0 Å². The third-order valence-corrected chi connectivity index (χ3v) is 4.42. The van der Waals surface area contributed by atoms with Gasteiger partial charge in [-0.15, -0.1) is 0 Å². The standard InChI is InChI=1S/C21H14O6.H3O4P/c22-12-3-1-10(2-4-12)18-19(11-5-13(23)7-14(24)6-11)21(27)16-8-15(25)9-17(26)20(16)18;1-5(2,3)4/h1-9,22-26H;(H3,1,2,3,4). The number of phenols is 5. The number of fused-ring (bicyclic) bond motifs is 1. The number of hydrogen-bond donors (Lipinski definition) is 8. The first kappa shape index (κ1) is 22.9. The van der Waals surface area contributed by atoms with Crippen molar-refractivity contribution in [1.82, 2.24) is 0 Å². The molecule has 8 N–H and O–H groups in total. The first-order valence-electron chi connectivity index (χ1n) is 8.81. The minimum absolute atomic E-state index is 0.0374. The molecule has 0 fully saturated rings. The van der Waals surface area contributed by atoms with Gasteiger partial charge in [-0.25, -0.2) is 4.57 Å². The minimum atomic E-state index is -4.64. The summed E-state index contributed by atoms with van der Waals surface area (Å²) in [6.45, 7) is 0. The van der Waals surface area contributed by atoms with Crippen molar-refractivity contribution >= 4 is 24.8 Å². The van der Waals surface area contributed by atoms with Crippen molar-refractivity contribution in [1.29, 1.82) is 0 Å². The number of carbonyl (C=O) groups is 1. The third-order valence-electron chi connectivity index (χ3n) is 4.42. The molecule has 11 heteroatoms. The first-order valence-corrected chi connectivity index (χ1v) is 10.4. The van der Waals surface area contributed by atoms with Crippen molar-refractivity contribution in [2.45, 2.75) is 0 Å². The topological polar surface area (TPSA) is 196 Å². The molecule has 0 saturated carbocycles. The molecular weight excluding hydrogens is 443 g/mol. The third kappa shape index (κ3) is 4.90. The van der Waals surface area contributed by atoms with Gasteiger partial charge in [-0.3, -0.25) is 4.79 Å². The van der Waals surface area contributed by atoms with Crippen LogP contribution in [0.15, 0.2) is 54.6 Å². The lowest BCUT2D eigenvalue weighted by atomic mass is 9.93. The molecule has 0 aromatic heterocycles. The van der Waals surface area contributed by atoms with Crippen LogP contribution in [0, 0.1) is 0 Å². The molecular formula is C21H17O10P. The van der Waals surface area contributed by atoms with Crippen molar-refractivity contribution < 1.29 is 49.6 Å². The summed E-state index contributed by atoms with van der Waals surface area (Å²) in [5.74, 6) is -1.41. The van der Waals surface area contributed by atoms with E-state index in [1.54, 1.807) is 12.1 Å². The number of aromatic hydroxyl groups is 5. The number of phosphoric acid groups is 1. The Morgan fingerprint density at radius 1 is 0.594 bits per heavy atom. The van der Waals surface area contributed by atoms with Crippen LogP contribution in [-0.4, -0.2) is 46.0 Å². The number of rotatable bonds is 2. The molecule has 166 valence electrons. The highest BCUT2D eigenvalue weighted by Gasteiger charge is 2.34. The Balaban J connectivity index is 0.000000523. The summed E-state index contributed by atoms with van der Waals surface area (Å²) in [4.78, 5) is 34.6. The predicted molar refractivity (Wildman–Crippen MR) is 112 cm³/mol. The van der Waals surface area contributed by atoms with Crippen LogP contribution in [0.2, 0.25) is 0 Å². The number of ketones is 1. The molecule has 0 amide bonds. The van der Waals surface area contributed by atoms with E-state index in [9.17, 15) is 30.3 Å². The van der Waals surface area contributed by atoms with Crippen LogP contribution in [0.3, 0.4) is 0 Å². The summed E-state index contributed by atoms with van der Waals surface area (Å²) in [6.07, 6.45) is 0. The van der Waals surface area contributed by atoms with E-state index in [1.807, 2.05) is 0 Å². The van der Waals surface area contributed by atoms with E-state index < -0.39 is 13.6 Å². The van der Waals surface area contributed by atoms with Gasteiger partial charge < -0.3 is 40.2 Å². The van der Waals surface area contributed by atoms with E-state index in [0.717, 1.165) is 12.1 Å². The van der Waals surface area contributed by atoms with Gasteiger partial charge in [0.1, 0.15) is 28.7 Å². The van der Waals surface area contributed by atoms with Crippen molar-refractivity contribution in [3.8, 4) is 28.7 Å². The average molecular weight is 460 g/mol. The van der Waals surface area contributed by atoms with Crippen molar-refractivity contribution in [3.05, 3.63) is 76.9 Å². The number of phenolic OH excluding ortho intramolecular Hbond substituents is 5. The quantitative estimate of drug-likeness (QED) is 0.263. The van der Waals surface area contributed by atoms with E-state index in [1.165, 1.54) is 30.3 Å². The Morgan fingerprint density at radius 3 is 1.62 bits per heavy atom. The van der Waals surface area contributed by atoms with Crippen LogP contribution in [0.4, 0.5) is 0 Å². The molecule has 32 heavy (non-hydrogen) atoms. The zero-order chi connectivity index (χ0) is 23.8. The SMILES string of the molecule is O=C1C(c2cc(O)cc(O)c2)=C(c2ccc(O)cc2)c2c(O)cc(O)cc21.O=P(O)(O)O. The maximum atomic E-state index is 13.1. The second kappa shape index (κ2) is 8.37. The lowest BCUT2D eigenvalue weighted by Gasteiger charge is -2.11. The van der Waals surface area contributed by atoms with Gasteiger partial charge in [0, 0.05) is 34.4 Å². The average Bonchev–Trinajstić information content (AvgIpc) is 2.93. The van der Waals surface area contributed by atoms with Gasteiger partial charge in [0.25, 0.3) is 0 Å². The molecule has 4 rings (SSSR count). The van der Waals surface area contributed by atoms with Crippen molar-refractivity contribution in [2.24, 2.45) is 0 Å². The molecule has 0 bridgehead atoms. The van der Waals surface area contributed by atoms with Crippen molar-refractivity contribution in [2.75, 3.05) is 0 Å². The second-order valence-corrected chi connectivity index (χ2v) is 7.79. The maximum absolute atomic E-state index is 13.1. The summed E-state index contributed by atoms with van der Waals surface area (Å²) in [5, 5.41) is 49.4. The predicted octanol–water partition coefficient (Wildman–Crippen LogP) is 2.44. The normalized spacial score (nSPS) is 12.9. The highest BCUT2D eigenvalue weighted by molar-refractivity contribution is 7.45. The Bertz CT molecular complexity index is 1260. The summed E-state index contributed by atoms with van der Waals surface area (Å²) in [7, 11) is -4.64. The molecule has 0 heterocycles. The molecule has 0 spiro atoms. The largest absolute Gasteiger partial charge is 0.508 e. The first-order chi connectivity index (χ1) is 14.8. The van der Waals surface area contributed by atoms with Crippen LogP contribution in [0.5, 0.6) is 28.7 Å². The summed E-state index contributed by atoms with van der Waals surface area (Å²) < 4.78 is 8.88. The molecule has 1 aliphatic rings. The van der Waals surface area contributed by atoms with E-state index in [2.05, 4.69) is 0 Å². The Kier molecular flexibility index (Phi) is 5.98. The number of allylic oxidation sites excluding steroid dienone is 1. The van der Waals surface area contributed by atoms with E-state index >= 15 is 0 Å². The number of Topliss-reactive ketones (excluding diaryl/α,β-unsaturated/α-hetero) is 1. The molecule has 0 saturated heterocycles. The molecule has 10 nitrogen and oxygen atoms in total. The second-order valence-electron chi connectivity index (χ2n) is 6.76. The van der Waals surface area contributed by atoms with Gasteiger partial charge in [-0.05, 0) is 41.5 Å². The van der Waals surface area contributed by atoms with Gasteiger partial charge >= 0.3 is 7.82 Å². The number of benzene rings is 3. The molecule has 1 aliphatic carbocycles. The minimum Gasteiger partial charge on any atom is -0.508 e. The lowest BCUT2D eigenvalue weighted by molar-refractivity contribution is 0.105.